The molecule has 0 bridgehead atoms. The Morgan fingerprint density at radius 2 is 1.70 bits per heavy atom. The van der Waals surface area contributed by atoms with E-state index in [1.165, 1.54) is 0 Å². The summed E-state index contributed by atoms with van der Waals surface area (Å²) >= 11 is 0. The second-order valence-corrected chi connectivity index (χ2v) is 5.83. The van der Waals surface area contributed by atoms with Gasteiger partial charge in [-0.25, -0.2) is 0 Å². The van der Waals surface area contributed by atoms with Gasteiger partial charge in [0.25, 0.3) is 0 Å². The van der Waals surface area contributed by atoms with E-state index in [2.05, 4.69) is 40.5 Å². The van der Waals surface area contributed by atoms with Gasteiger partial charge >= 0.3 is 0 Å². The topological polar surface area (TPSA) is 64.7 Å². The molecule has 1 unspecified atom stereocenters. The van der Waals surface area contributed by atoms with Gasteiger partial charge in [0.15, 0.2) is 0 Å². The Balaban J connectivity index is 2.49. The summed E-state index contributed by atoms with van der Waals surface area (Å²) in [4.78, 5) is 28.1. The largest absolute Gasteiger partial charge is 0.352 e. The van der Waals surface area contributed by atoms with Gasteiger partial charge in [0.2, 0.25) is 11.8 Å². The summed E-state index contributed by atoms with van der Waals surface area (Å²) in [6.07, 6.45) is 5.45. The molecule has 6 nitrogen and oxygen atoms in total. The first-order valence-corrected chi connectivity index (χ1v) is 8.32. The van der Waals surface area contributed by atoms with E-state index < -0.39 is 0 Å². The van der Waals surface area contributed by atoms with Crippen molar-refractivity contribution in [3.8, 4) is 0 Å². The number of nitrogens with one attached hydrogen (secondary N) is 2. The third kappa shape index (κ3) is 7.43. The van der Waals surface area contributed by atoms with Crippen molar-refractivity contribution in [3.05, 3.63) is 25.3 Å². The first-order valence-electron chi connectivity index (χ1n) is 8.32. The number of rotatable bonds is 10. The molecule has 0 aliphatic carbocycles. The van der Waals surface area contributed by atoms with Crippen molar-refractivity contribution in [2.24, 2.45) is 0 Å². The molecule has 1 saturated heterocycles. The Bertz CT molecular complexity index is 411. The van der Waals surface area contributed by atoms with Crippen LogP contribution < -0.4 is 10.6 Å². The molecule has 0 aromatic carbocycles. The van der Waals surface area contributed by atoms with E-state index in [4.69, 9.17) is 0 Å². The van der Waals surface area contributed by atoms with Crippen LogP contribution in [-0.2, 0) is 9.59 Å². The lowest BCUT2D eigenvalue weighted by atomic mass is 10.1. The van der Waals surface area contributed by atoms with Crippen molar-refractivity contribution in [3.63, 3.8) is 0 Å². The summed E-state index contributed by atoms with van der Waals surface area (Å²) in [6.45, 7) is 13.6. The summed E-state index contributed by atoms with van der Waals surface area (Å²) < 4.78 is 0. The molecule has 0 aromatic heterocycles. The van der Waals surface area contributed by atoms with Gasteiger partial charge in [0, 0.05) is 38.8 Å². The third-order valence-corrected chi connectivity index (χ3v) is 3.91. The molecule has 2 amide bonds. The van der Waals surface area contributed by atoms with E-state index in [-0.39, 0.29) is 11.8 Å². The summed E-state index contributed by atoms with van der Waals surface area (Å²) in [7, 11) is 0. The maximum Gasteiger partial charge on any atom is 0.234 e. The molecule has 1 atom stereocenters. The molecule has 1 rings (SSSR count). The Kier molecular flexibility index (Phi) is 9.24. The molecule has 0 saturated carbocycles. The van der Waals surface area contributed by atoms with Crippen molar-refractivity contribution >= 4 is 11.8 Å². The van der Waals surface area contributed by atoms with Crippen LogP contribution in [0.2, 0.25) is 0 Å². The van der Waals surface area contributed by atoms with Crippen LogP contribution in [0.15, 0.2) is 25.3 Å². The lowest BCUT2D eigenvalue weighted by Gasteiger charge is -2.40. The van der Waals surface area contributed by atoms with Crippen molar-refractivity contribution in [2.45, 2.75) is 25.8 Å². The van der Waals surface area contributed by atoms with Crippen molar-refractivity contribution in [1.29, 1.82) is 0 Å². The first-order chi connectivity index (χ1) is 11.1. The summed E-state index contributed by atoms with van der Waals surface area (Å²) in [6, 6.07) is 0.315. The minimum absolute atomic E-state index is 0.0253. The van der Waals surface area contributed by atoms with Crippen molar-refractivity contribution in [1.82, 2.24) is 20.4 Å². The Hall–Kier alpha value is -1.66. The van der Waals surface area contributed by atoms with Crippen LogP contribution in [0.25, 0.3) is 0 Å². The minimum Gasteiger partial charge on any atom is -0.352 e. The Morgan fingerprint density at radius 1 is 1.09 bits per heavy atom. The number of hydrogen-bond donors (Lipinski definition) is 2. The number of hydrogen-bond acceptors (Lipinski definition) is 4. The summed E-state index contributed by atoms with van der Waals surface area (Å²) in [5.41, 5.74) is 0. The second kappa shape index (κ2) is 11.0. The number of amides is 2. The monoisotopic (exact) mass is 322 g/mol. The highest BCUT2D eigenvalue weighted by atomic mass is 16.2. The lowest BCUT2D eigenvalue weighted by molar-refractivity contribution is -0.125. The Morgan fingerprint density at radius 3 is 2.26 bits per heavy atom. The number of nitrogens with zero attached hydrogens (tertiary/aromatic N) is 2. The fourth-order valence-corrected chi connectivity index (χ4v) is 2.79. The highest BCUT2D eigenvalue weighted by molar-refractivity contribution is 5.78. The van der Waals surface area contributed by atoms with E-state index >= 15 is 0 Å². The molecular weight excluding hydrogens is 292 g/mol. The van der Waals surface area contributed by atoms with Crippen LogP contribution in [0.4, 0.5) is 0 Å². The fraction of sp³-hybridized carbons (Fsp3) is 0.647. The normalized spacial score (nSPS) is 19.1. The molecule has 1 fully saturated rings. The number of carbonyl (C=O) groups is 2. The van der Waals surface area contributed by atoms with Gasteiger partial charge in [-0.05, 0) is 6.42 Å². The maximum absolute atomic E-state index is 11.9. The fourth-order valence-electron chi connectivity index (χ4n) is 2.79. The van der Waals surface area contributed by atoms with E-state index in [1.54, 1.807) is 12.2 Å². The molecule has 0 radical (unpaired) electrons. The Labute approximate surface area is 139 Å². The van der Waals surface area contributed by atoms with Crippen LogP contribution in [0.5, 0.6) is 0 Å². The van der Waals surface area contributed by atoms with Crippen LogP contribution in [0.3, 0.4) is 0 Å². The summed E-state index contributed by atoms with van der Waals surface area (Å²) in [5, 5.41) is 5.63. The highest BCUT2D eigenvalue weighted by Gasteiger charge is 2.28. The van der Waals surface area contributed by atoms with E-state index in [9.17, 15) is 9.59 Å². The van der Waals surface area contributed by atoms with Gasteiger partial charge in [-0.1, -0.05) is 25.5 Å². The lowest BCUT2D eigenvalue weighted by Crippen LogP contribution is -2.56. The van der Waals surface area contributed by atoms with Crippen LogP contribution >= 0.6 is 0 Å². The predicted octanol–water partition coefficient (Wildman–Crippen LogP) is 0.377. The molecule has 0 spiro atoms. The van der Waals surface area contributed by atoms with E-state index in [1.807, 2.05) is 0 Å². The molecule has 1 heterocycles. The average molecular weight is 322 g/mol. The molecule has 1 aliphatic heterocycles. The van der Waals surface area contributed by atoms with Crippen LogP contribution in [0, 0.1) is 0 Å². The van der Waals surface area contributed by atoms with Crippen molar-refractivity contribution in [2.75, 3.05) is 45.8 Å². The quantitative estimate of drug-likeness (QED) is 0.571. The van der Waals surface area contributed by atoms with E-state index in [0.29, 0.717) is 32.2 Å². The molecule has 6 heteroatoms. The first kappa shape index (κ1) is 19.4. The molecule has 23 heavy (non-hydrogen) atoms. The van der Waals surface area contributed by atoms with E-state index in [0.717, 1.165) is 32.5 Å². The number of piperazine rings is 1. The van der Waals surface area contributed by atoms with Gasteiger partial charge < -0.3 is 10.6 Å². The SMILES string of the molecule is C=CCNC(=O)CN1CCN(CC(=O)NCC=C)C(CCC)C1. The maximum atomic E-state index is 11.9. The molecule has 130 valence electrons. The molecule has 0 aromatic rings. The standard InChI is InChI=1S/C17H30N4O2/c1-4-7-15-12-20(13-16(22)18-8-5-2)10-11-21(15)14-17(23)19-9-6-3/h5-6,15H,2-4,7-14H2,1H3,(H,18,22)(H,19,23). The van der Waals surface area contributed by atoms with Gasteiger partial charge in [-0.2, -0.15) is 0 Å². The smallest absolute Gasteiger partial charge is 0.234 e. The molecule has 2 N–H and O–H groups in total. The van der Waals surface area contributed by atoms with Gasteiger partial charge in [0.1, 0.15) is 0 Å². The van der Waals surface area contributed by atoms with Crippen molar-refractivity contribution < 1.29 is 9.59 Å². The number of carbonyl (C=O) groups excluding carboxylic acids is 2. The van der Waals surface area contributed by atoms with Gasteiger partial charge in [-0.15, -0.1) is 13.2 Å². The third-order valence-electron chi connectivity index (χ3n) is 3.91. The van der Waals surface area contributed by atoms with Crippen LogP contribution in [0.1, 0.15) is 19.8 Å². The average Bonchev–Trinajstić information content (AvgIpc) is 2.53. The van der Waals surface area contributed by atoms with Crippen LogP contribution in [-0.4, -0.2) is 73.5 Å². The zero-order valence-corrected chi connectivity index (χ0v) is 14.2. The predicted molar refractivity (Wildman–Crippen MR) is 93.1 cm³/mol. The minimum atomic E-state index is 0.0253. The second-order valence-electron chi connectivity index (χ2n) is 5.83. The zero-order chi connectivity index (χ0) is 17.1. The van der Waals surface area contributed by atoms with Gasteiger partial charge in [-0.3, -0.25) is 19.4 Å². The summed E-state index contributed by atoms with van der Waals surface area (Å²) in [5.74, 6) is 0.0560. The molecule has 1 aliphatic rings. The zero-order valence-electron chi connectivity index (χ0n) is 14.2. The molecular formula is C17H30N4O2. The highest BCUT2D eigenvalue weighted by Crippen LogP contribution is 2.14. The van der Waals surface area contributed by atoms with Gasteiger partial charge in [0.05, 0.1) is 13.1 Å².